The number of nitrogens with zero attached hydrogens (tertiary/aromatic N) is 1. The summed E-state index contributed by atoms with van der Waals surface area (Å²) in [6, 6.07) is 6.22. The fourth-order valence-electron chi connectivity index (χ4n) is 2.68. The van der Waals surface area contributed by atoms with Gasteiger partial charge in [0.15, 0.2) is 0 Å². The Labute approximate surface area is 133 Å². The van der Waals surface area contributed by atoms with E-state index in [2.05, 4.69) is 0 Å². The first-order valence-corrected chi connectivity index (χ1v) is 7.43. The predicted octanol–water partition coefficient (Wildman–Crippen LogP) is 0.823. The van der Waals surface area contributed by atoms with Gasteiger partial charge in [-0.3, -0.25) is 9.59 Å². The number of aliphatic hydroxyl groups is 1. The van der Waals surface area contributed by atoms with Gasteiger partial charge in [-0.15, -0.1) is 0 Å². The van der Waals surface area contributed by atoms with E-state index in [0.717, 1.165) is 0 Å². The Kier molecular flexibility index (Phi) is 5.68. The van der Waals surface area contributed by atoms with Crippen molar-refractivity contribution in [3.63, 3.8) is 0 Å². The largest absolute Gasteiger partial charge is 0.481 e. The highest BCUT2D eigenvalue weighted by Gasteiger charge is 2.38. The van der Waals surface area contributed by atoms with Crippen LogP contribution in [0.1, 0.15) is 18.4 Å². The van der Waals surface area contributed by atoms with Gasteiger partial charge in [0.05, 0.1) is 26.2 Å². The van der Waals surface area contributed by atoms with Crippen LogP contribution in [-0.2, 0) is 20.7 Å². The summed E-state index contributed by atoms with van der Waals surface area (Å²) >= 11 is 0. The second-order valence-electron chi connectivity index (χ2n) is 5.67. The van der Waals surface area contributed by atoms with Crippen LogP contribution in [0, 0.1) is 5.82 Å². The molecular weight excluding hydrogens is 305 g/mol. The molecule has 1 fully saturated rings. The van der Waals surface area contributed by atoms with Crippen molar-refractivity contribution in [2.24, 2.45) is 0 Å². The molecule has 1 aliphatic rings. The first-order valence-electron chi connectivity index (χ1n) is 7.43. The zero-order valence-electron chi connectivity index (χ0n) is 12.7. The molecule has 1 aliphatic heterocycles. The second kappa shape index (κ2) is 7.52. The summed E-state index contributed by atoms with van der Waals surface area (Å²) in [6.07, 6.45) is -0.203. The molecule has 1 amide bonds. The van der Waals surface area contributed by atoms with E-state index in [4.69, 9.17) is 9.84 Å². The lowest BCUT2D eigenvalue weighted by atomic mass is 9.92. The van der Waals surface area contributed by atoms with Crippen LogP contribution in [-0.4, -0.2) is 58.9 Å². The Morgan fingerprint density at radius 2 is 2.04 bits per heavy atom. The normalized spacial score (nSPS) is 21.2. The number of hydrogen-bond acceptors (Lipinski definition) is 4. The molecule has 0 saturated carbocycles. The zero-order valence-corrected chi connectivity index (χ0v) is 12.7. The van der Waals surface area contributed by atoms with E-state index in [1.54, 1.807) is 18.2 Å². The number of carbonyl (C=O) groups excluding carboxylic acids is 1. The molecule has 2 rings (SSSR count). The summed E-state index contributed by atoms with van der Waals surface area (Å²) in [5, 5.41) is 18.4. The summed E-state index contributed by atoms with van der Waals surface area (Å²) in [5.74, 6) is -1.73. The van der Waals surface area contributed by atoms with E-state index in [-0.39, 0.29) is 44.9 Å². The fraction of sp³-hybridized carbons (Fsp3) is 0.500. The molecule has 126 valence electrons. The SMILES string of the molecule is O=C(O)CCC(=O)N1CCOC(CO)(Cc2ccccc2F)C1. The summed E-state index contributed by atoms with van der Waals surface area (Å²) < 4.78 is 19.5. The van der Waals surface area contributed by atoms with Crippen molar-refractivity contribution in [3.05, 3.63) is 35.6 Å². The summed E-state index contributed by atoms with van der Waals surface area (Å²) in [5.41, 5.74) is -0.666. The van der Waals surface area contributed by atoms with E-state index in [1.165, 1.54) is 11.0 Å². The van der Waals surface area contributed by atoms with Crippen molar-refractivity contribution in [1.82, 2.24) is 4.90 Å². The number of aliphatic carboxylic acids is 1. The van der Waals surface area contributed by atoms with Crippen molar-refractivity contribution in [1.29, 1.82) is 0 Å². The topological polar surface area (TPSA) is 87.1 Å². The zero-order chi connectivity index (χ0) is 16.9. The summed E-state index contributed by atoms with van der Waals surface area (Å²) in [4.78, 5) is 24.1. The average Bonchev–Trinajstić information content (AvgIpc) is 2.55. The molecule has 0 radical (unpaired) electrons. The maximum Gasteiger partial charge on any atom is 0.303 e. The van der Waals surface area contributed by atoms with Crippen molar-refractivity contribution in [2.75, 3.05) is 26.3 Å². The molecule has 1 aromatic carbocycles. The monoisotopic (exact) mass is 325 g/mol. The van der Waals surface area contributed by atoms with Crippen molar-refractivity contribution in [3.8, 4) is 0 Å². The molecule has 1 unspecified atom stereocenters. The van der Waals surface area contributed by atoms with Gasteiger partial charge in [0.2, 0.25) is 5.91 Å². The minimum atomic E-state index is -1.07. The molecule has 0 aliphatic carbocycles. The Morgan fingerprint density at radius 1 is 1.30 bits per heavy atom. The smallest absolute Gasteiger partial charge is 0.303 e. The van der Waals surface area contributed by atoms with Gasteiger partial charge in [-0.1, -0.05) is 18.2 Å². The number of carboxylic acids is 1. The van der Waals surface area contributed by atoms with Gasteiger partial charge in [-0.25, -0.2) is 4.39 Å². The number of ether oxygens (including phenoxy) is 1. The van der Waals surface area contributed by atoms with Gasteiger partial charge in [0, 0.05) is 19.4 Å². The average molecular weight is 325 g/mol. The Bertz CT molecular complexity index is 579. The molecule has 1 saturated heterocycles. The Morgan fingerprint density at radius 3 is 2.70 bits per heavy atom. The first kappa shape index (κ1) is 17.4. The van der Waals surface area contributed by atoms with E-state index in [1.807, 2.05) is 0 Å². The lowest BCUT2D eigenvalue weighted by Gasteiger charge is -2.42. The highest BCUT2D eigenvalue weighted by Crippen LogP contribution is 2.25. The maximum atomic E-state index is 13.8. The number of hydrogen-bond donors (Lipinski definition) is 2. The number of rotatable bonds is 6. The molecule has 2 N–H and O–H groups in total. The lowest BCUT2D eigenvalue weighted by Crippen LogP contribution is -2.57. The number of aliphatic hydroxyl groups excluding tert-OH is 1. The predicted molar refractivity (Wildman–Crippen MR) is 79.3 cm³/mol. The number of halogens is 1. The Hall–Kier alpha value is -1.99. The van der Waals surface area contributed by atoms with Crippen LogP contribution in [0.3, 0.4) is 0 Å². The highest BCUT2D eigenvalue weighted by atomic mass is 19.1. The standard InChI is InChI=1S/C16H20FNO5/c17-13-4-2-1-3-12(13)9-16(11-19)10-18(7-8-23-16)14(20)5-6-15(21)22/h1-4,19H,5-11H2,(H,21,22). The number of amides is 1. The van der Waals surface area contributed by atoms with Gasteiger partial charge >= 0.3 is 5.97 Å². The fourth-order valence-corrected chi connectivity index (χ4v) is 2.68. The van der Waals surface area contributed by atoms with E-state index >= 15 is 0 Å². The molecule has 1 heterocycles. The molecule has 1 atom stereocenters. The molecule has 6 nitrogen and oxygen atoms in total. The molecule has 7 heteroatoms. The van der Waals surface area contributed by atoms with E-state index in [9.17, 15) is 19.1 Å². The van der Waals surface area contributed by atoms with Gasteiger partial charge in [0.25, 0.3) is 0 Å². The first-order chi connectivity index (χ1) is 11.0. The number of morpholine rings is 1. The molecular formula is C16H20FNO5. The van der Waals surface area contributed by atoms with Crippen molar-refractivity contribution < 1.29 is 28.9 Å². The molecule has 23 heavy (non-hydrogen) atoms. The Balaban J connectivity index is 2.08. The second-order valence-corrected chi connectivity index (χ2v) is 5.67. The minimum absolute atomic E-state index is 0.101. The van der Waals surface area contributed by atoms with Crippen LogP contribution < -0.4 is 0 Å². The third-order valence-corrected chi connectivity index (χ3v) is 3.91. The van der Waals surface area contributed by atoms with Crippen LogP contribution in [0.2, 0.25) is 0 Å². The van der Waals surface area contributed by atoms with Crippen LogP contribution in [0.4, 0.5) is 4.39 Å². The molecule has 0 bridgehead atoms. The van der Waals surface area contributed by atoms with E-state index < -0.39 is 17.4 Å². The summed E-state index contributed by atoms with van der Waals surface area (Å²) in [6.45, 7) is 0.297. The molecule has 0 spiro atoms. The molecule has 0 aromatic heterocycles. The van der Waals surface area contributed by atoms with Crippen LogP contribution in [0.5, 0.6) is 0 Å². The number of carbonyl (C=O) groups is 2. The highest BCUT2D eigenvalue weighted by molar-refractivity contribution is 5.80. The maximum absolute atomic E-state index is 13.8. The van der Waals surface area contributed by atoms with Gasteiger partial charge in [-0.05, 0) is 11.6 Å². The molecule has 1 aromatic rings. The van der Waals surface area contributed by atoms with E-state index in [0.29, 0.717) is 12.1 Å². The van der Waals surface area contributed by atoms with Crippen molar-refractivity contribution in [2.45, 2.75) is 24.9 Å². The third kappa shape index (κ3) is 4.49. The van der Waals surface area contributed by atoms with Gasteiger partial charge < -0.3 is 19.8 Å². The lowest BCUT2D eigenvalue weighted by molar-refractivity contribution is -0.159. The third-order valence-electron chi connectivity index (χ3n) is 3.91. The van der Waals surface area contributed by atoms with Gasteiger partial charge in [-0.2, -0.15) is 0 Å². The van der Waals surface area contributed by atoms with Crippen LogP contribution >= 0.6 is 0 Å². The quantitative estimate of drug-likeness (QED) is 0.809. The van der Waals surface area contributed by atoms with Crippen molar-refractivity contribution >= 4 is 11.9 Å². The number of carboxylic acid groups (broad SMARTS) is 1. The van der Waals surface area contributed by atoms with Gasteiger partial charge in [0.1, 0.15) is 11.4 Å². The van der Waals surface area contributed by atoms with Crippen LogP contribution in [0.15, 0.2) is 24.3 Å². The number of benzene rings is 1. The minimum Gasteiger partial charge on any atom is -0.481 e. The summed E-state index contributed by atoms with van der Waals surface area (Å²) in [7, 11) is 0. The van der Waals surface area contributed by atoms with Crippen LogP contribution in [0.25, 0.3) is 0 Å².